The molecule has 0 unspecified atom stereocenters. The van der Waals surface area contributed by atoms with Crippen molar-refractivity contribution in [2.75, 3.05) is 13.2 Å². The fourth-order valence-electron chi connectivity index (χ4n) is 2.53. The molecule has 1 heterocycles. The summed E-state index contributed by atoms with van der Waals surface area (Å²) >= 11 is 0. The zero-order chi connectivity index (χ0) is 15.8. The van der Waals surface area contributed by atoms with E-state index in [1.54, 1.807) is 0 Å². The van der Waals surface area contributed by atoms with Gasteiger partial charge in [-0.15, -0.1) is 0 Å². The Bertz CT molecular complexity index is 652. The average Bonchev–Trinajstić information content (AvgIpc) is 2.89. The van der Waals surface area contributed by atoms with Crippen molar-refractivity contribution in [3.8, 4) is 0 Å². The molecule has 118 valence electrons. The molecule has 2 aromatic rings. The van der Waals surface area contributed by atoms with Crippen molar-refractivity contribution in [1.82, 2.24) is 4.57 Å². The second kappa shape index (κ2) is 8.44. The van der Waals surface area contributed by atoms with Crippen molar-refractivity contribution in [3.05, 3.63) is 60.0 Å². The predicted molar refractivity (Wildman–Crippen MR) is 91.9 cm³/mol. The molecule has 0 aliphatic rings. The van der Waals surface area contributed by atoms with Gasteiger partial charge >= 0.3 is 0 Å². The maximum absolute atomic E-state index is 9.26. The van der Waals surface area contributed by atoms with Gasteiger partial charge in [-0.05, 0) is 43.0 Å². The molecular formula is C19H25NO2. The van der Waals surface area contributed by atoms with E-state index in [1.165, 1.54) is 10.9 Å². The smallest absolute Gasteiger partial charge is 0.114 e. The second-order valence-electron chi connectivity index (χ2n) is 5.22. The molecule has 22 heavy (non-hydrogen) atoms. The zero-order valence-electron chi connectivity index (χ0n) is 13.5. The van der Waals surface area contributed by atoms with Crippen LogP contribution >= 0.6 is 0 Å². The van der Waals surface area contributed by atoms with E-state index in [1.807, 2.05) is 31.2 Å². The van der Waals surface area contributed by atoms with Crippen LogP contribution in [0.2, 0.25) is 0 Å². The summed E-state index contributed by atoms with van der Waals surface area (Å²) in [4.78, 5) is 0. The molecule has 0 spiro atoms. The molecule has 2 rings (SSSR count). The van der Waals surface area contributed by atoms with Gasteiger partial charge in [-0.3, -0.25) is 0 Å². The normalized spacial score (nSPS) is 12.4. The Morgan fingerprint density at radius 1 is 1.32 bits per heavy atom. The molecule has 0 aliphatic carbocycles. The Labute approximate surface area is 132 Å². The first kappa shape index (κ1) is 16.4. The molecule has 0 amide bonds. The zero-order valence-corrected chi connectivity index (χ0v) is 13.5. The van der Waals surface area contributed by atoms with Crippen molar-refractivity contribution >= 4 is 10.9 Å². The topological polar surface area (TPSA) is 34.4 Å². The Balaban J connectivity index is 2.17. The van der Waals surface area contributed by atoms with Gasteiger partial charge in [0.15, 0.2) is 0 Å². The highest BCUT2D eigenvalue weighted by molar-refractivity contribution is 5.81. The van der Waals surface area contributed by atoms with E-state index in [9.17, 15) is 5.11 Å². The third-order valence-corrected chi connectivity index (χ3v) is 3.59. The summed E-state index contributed by atoms with van der Waals surface area (Å²) < 4.78 is 7.90. The van der Waals surface area contributed by atoms with Crippen LogP contribution in [0, 0.1) is 0 Å². The van der Waals surface area contributed by atoms with Gasteiger partial charge in [-0.2, -0.15) is 0 Å². The lowest BCUT2D eigenvalue weighted by Crippen LogP contribution is -2.03. The lowest BCUT2D eigenvalue weighted by atomic mass is 10.2. The first-order valence-electron chi connectivity index (χ1n) is 7.93. The van der Waals surface area contributed by atoms with Crippen LogP contribution in [-0.4, -0.2) is 22.9 Å². The summed E-state index contributed by atoms with van der Waals surface area (Å²) in [5.74, 6) is 0.905. The molecule has 0 saturated heterocycles. The third-order valence-electron chi connectivity index (χ3n) is 3.59. The van der Waals surface area contributed by atoms with Crippen molar-refractivity contribution in [3.63, 3.8) is 0 Å². The highest BCUT2D eigenvalue weighted by Crippen LogP contribution is 2.20. The molecule has 0 radical (unpaired) electrons. The van der Waals surface area contributed by atoms with Crippen LogP contribution in [0.25, 0.3) is 10.9 Å². The van der Waals surface area contributed by atoms with Crippen LogP contribution in [0.15, 0.2) is 54.3 Å². The maximum atomic E-state index is 9.26. The molecule has 3 nitrogen and oxygen atoms in total. The predicted octanol–water partition coefficient (Wildman–Crippen LogP) is 4.06. The van der Waals surface area contributed by atoms with Gasteiger partial charge in [-0.25, -0.2) is 0 Å². The molecule has 1 N–H and O–H groups in total. The number of nitrogens with zero attached hydrogens (tertiary/aromatic N) is 1. The molecule has 0 fully saturated rings. The van der Waals surface area contributed by atoms with E-state index in [4.69, 9.17) is 4.74 Å². The van der Waals surface area contributed by atoms with E-state index in [-0.39, 0.29) is 6.61 Å². The van der Waals surface area contributed by atoms with Crippen molar-refractivity contribution < 1.29 is 9.84 Å². The monoisotopic (exact) mass is 299 g/mol. The SMILES string of the molecule is C/C=C(\C=C/Cn1c(CCO)cc2ccccc21)OCCC. The molecule has 3 heteroatoms. The molecule has 0 saturated carbocycles. The number of hydrogen-bond donors (Lipinski definition) is 1. The minimum atomic E-state index is 0.166. The van der Waals surface area contributed by atoms with Gasteiger partial charge in [0.1, 0.15) is 5.76 Å². The summed E-state index contributed by atoms with van der Waals surface area (Å²) in [7, 11) is 0. The molecule has 1 aromatic carbocycles. The van der Waals surface area contributed by atoms with Crippen molar-refractivity contribution in [2.45, 2.75) is 33.2 Å². The number of allylic oxidation sites excluding steroid dienone is 3. The lowest BCUT2D eigenvalue weighted by Gasteiger charge is -2.08. The number of rotatable bonds is 8. The van der Waals surface area contributed by atoms with Crippen molar-refractivity contribution in [1.29, 1.82) is 0 Å². The van der Waals surface area contributed by atoms with E-state index < -0.39 is 0 Å². The average molecular weight is 299 g/mol. The third kappa shape index (κ3) is 4.01. The molecular weight excluding hydrogens is 274 g/mol. The number of benzene rings is 1. The van der Waals surface area contributed by atoms with E-state index in [2.05, 4.69) is 35.8 Å². The first-order valence-corrected chi connectivity index (χ1v) is 7.93. The fourth-order valence-corrected chi connectivity index (χ4v) is 2.53. The van der Waals surface area contributed by atoms with E-state index >= 15 is 0 Å². The van der Waals surface area contributed by atoms with Gasteiger partial charge in [0, 0.05) is 30.8 Å². The van der Waals surface area contributed by atoms with Crippen LogP contribution in [0.1, 0.15) is 26.0 Å². The summed E-state index contributed by atoms with van der Waals surface area (Å²) in [5.41, 5.74) is 2.36. The van der Waals surface area contributed by atoms with E-state index in [0.717, 1.165) is 31.0 Å². The number of aromatic nitrogens is 1. The summed E-state index contributed by atoms with van der Waals surface area (Å²) in [5, 5.41) is 10.5. The second-order valence-corrected chi connectivity index (χ2v) is 5.22. The van der Waals surface area contributed by atoms with Crippen LogP contribution in [0.3, 0.4) is 0 Å². The quantitative estimate of drug-likeness (QED) is 0.589. The lowest BCUT2D eigenvalue weighted by molar-refractivity contribution is 0.224. The Morgan fingerprint density at radius 2 is 2.14 bits per heavy atom. The van der Waals surface area contributed by atoms with E-state index in [0.29, 0.717) is 6.42 Å². The number of fused-ring (bicyclic) bond motifs is 1. The largest absolute Gasteiger partial charge is 0.494 e. The van der Waals surface area contributed by atoms with Crippen LogP contribution < -0.4 is 0 Å². The minimum absolute atomic E-state index is 0.166. The minimum Gasteiger partial charge on any atom is -0.494 e. The number of para-hydroxylation sites is 1. The number of aliphatic hydroxyl groups is 1. The van der Waals surface area contributed by atoms with Gasteiger partial charge in [0.2, 0.25) is 0 Å². The Kier molecular flexibility index (Phi) is 6.28. The fraction of sp³-hybridized carbons (Fsp3) is 0.368. The molecule has 0 aliphatic heterocycles. The number of hydrogen-bond acceptors (Lipinski definition) is 2. The highest BCUT2D eigenvalue weighted by atomic mass is 16.5. The van der Waals surface area contributed by atoms with Crippen LogP contribution in [-0.2, 0) is 17.7 Å². The first-order chi connectivity index (χ1) is 10.8. The maximum Gasteiger partial charge on any atom is 0.114 e. The molecule has 0 atom stereocenters. The number of ether oxygens (including phenoxy) is 1. The standard InChI is InChI=1S/C19H25NO2/c1-3-14-22-18(4-2)9-7-12-20-17(11-13-21)15-16-8-5-6-10-19(16)20/h4-10,15,21H,3,11-14H2,1-2H3/b9-7-,18-4+. The van der Waals surface area contributed by atoms with Crippen molar-refractivity contribution in [2.24, 2.45) is 0 Å². The Hall–Kier alpha value is -2.00. The summed E-state index contributed by atoms with van der Waals surface area (Å²) in [6.45, 7) is 5.77. The van der Waals surface area contributed by atoms with Gasteiger partial charge in [-0.1, -0.05) is 31.2 Å². The molecule has 1 aromatic heterocycles. The van der Waals surface area contributed by atoms with Crippen LogP contribution in [0.4, 0.5) is 0 Å². The van der Waals surface area contributed by atoms with Gasteiger partial charge in [0.05, 0.1) is 6.61 Å². The van der Waals surface area contributed by atoms with Gasteiger partial charge in [0.25, 0.3) is 0 Å². The van der Waals surface area contributed by atoms with Gasteiger partial charge < -0.3 is 14.4 Å². The van der Waals surface area contributed by atoms with Crippen LogP contribution in [0.5, 0.6) is 0 Å². The molecule has 0 bridgehead atoms. The highest BCUT2D eigenvalue weighted by Gasteiger charge is 2.06. The summed E-state index contributed by atoms with van der Waals surface area (Å²) in [6.07, 6.45) is 7.79. The summed E-state index contributed by atoms with van der Waals surface area (Å²) in [6, 6.07) is 10.5. The Morgan fingerprint density at radius 3 is 2.86 bits per heavy atom. The number of aliphatic hydroxyl groups excluding tert-OH is 1.